The SMILES string of the molecule is COc1cc2c(cc1OC)[C@H]1C[C@@H](OC(=O)CCCCCCC(=O)O[C@@H]3C[C@@H]4c5cc(OC)c(OC)cc5CCN4C[C@H]3CC(C)C)[C@H](CC(C)C)CN1CC2. The second-order valence-corrected chi connectivity index (χ2v) is 17.6. The van der Waals surface area contributed by atoms with Crippen LogP contribution >= 0.6 is 0 Å². The molecule has 310 valence electrons. The molecule has 2 aromatic rings. The minimum atomic E-state index is -0.113. The van der Waals surface area contributed by atoms with Gasteiger partial charge in [0.2, 0.25) is 0 Å². The van der Waals surface area contributed by atoms with Crippen LogP contribution in [0.1, 0.15) is 126 Å². The average Bonchev–Trinajstić information content (AvgIpc) is 3.18. The Morgan fingerprint density at radius 3 is 1.32 bits per heavy atom. The maximum absolute atomic E-state index is 13.3. The number of methoxy groups -OCH3 is 4. The Morgan fingerprint density at radius 1 is 0.589 bits per heavy atom. The Balaban J connectivity index is 0.976. The minimum Gasteiger partial charge on any atom is -0.493 e. The van der Waals surface area contributed by atoms with E-state index < -0.39 is 0 Å². The summed E-state index contributed by atoms with van der Waals surface area (Å²) in [5.41, 5.74) is 5.11. The zero-order valence-electron chi connectivity index (χ0n) is 35.4. The molecule has 0 aliphatic carbocycles. The normalized spacial score (nSPS) is 24.8. The Kier molecular flexibility index (Phi) is 14.5. The standard InChI is InChI=1S/C46H68N2O8/c1-29(2)19-33-27-47-17-15-31-21-41(51-5)43(53-7)23-35(31)37(47)25-39(33)55-45(49)13-11-9-10-12-14-46(50)56-40-26-38-36-24-44(54-8)42(52-6)22-32(36)16-18-48(38)28-34(40)20-30(3)4/h21-24,29-30,33-34,37-40H,9-20,25-28H2,1-8H3/t33-,34-,37-,38-,39-,40-/m1/s1. The van der Waals surface area contributed by atoms with Crippen LogP contribution in [-0.2, 0) is 31.9 Å². The predicted octanol–water partition coefficient (Wildman–Crippen LogP) is 8.52. The molecule has 0 spiro atoms. The van der Waals surface area contributed by atoms with Crippen molar-refractivity contribution in [2.75, 3.05) is 54.6 Å². The van der Waals surface area contributed by atoms with Gasteiger partial charge in [-0.05, 0) is 96.9 Å². The fourth-order valence-corrected chi connectivity index (χ4v) is 10.1. The molecule has 4 aliphatic rings. The Labute approximate surface area is 335 Å². The first-order valence-corrected chi connectivity index (χ1v) is 21.4. The van der Waals surface area contributed by atoms with Gasteiger partial charge in [-0.15, -0.1) is 0 Å². The van der Waals surface area contributed by atoms with Crippen LogP contribution in [0, 0.1) is 23.7 Å². The summed E-state index contributed by atoms with van der Waals surface area (Å²) >= 11 is 0. The lowest BCUT2D eigenvalue weighted by Crippen LogP contribution is -2.49. The van der Waals surface area contributed by atoms with Crippen LogP contribution in [0.25, 0.3) is 0 Å². The molecule has 2 fully saturated rings. The summed E-state index contributed by atoms with van der Waals surface area (Å²) < 4.78 is 35.1. The maximum atomic E-state index is 13.3. The lowest BCUT2D eigenvalue weighted by Gasteiger charge is -2.47. The van der Waals surface area contributed by atoms with Gasteiger partial charge < -0.3 is 28.4 Å². The highest BCUT2D eigenvalue weighted by Gasteiger charge is 2.43. The second-order valence-electron chi connectivity index (χ2n) is 17.6. The Morgan fingerprint density at radius 2 is 0.964 bits per heavy atom. The van der Waals surface area contributed by atoms with E-state index in [9.17, 15) is 9.59 Å². The zero-order chi connectivity index (χ0) is 39.9. The number of hydrogen-bond donors (Lipinski definition) is 0. The maximum Gasteiger partial charge on any atom is 0.306 e. The number of esters is 2. The van der Waals surface area contributed by atoms with Gasteiger partial charge >= 0.3 is 11.9 Å². The van der Waals surface area contributed by atoms with Crippen molar-refractivity contribution in [2.24, 2.45) is 23.7 Å². The highest BCUT2D eigenvalue weighted by atomic mass is 16.5. The molecule has 4 aliphatic heterocycles. The van der Waals surface area contributed by atoms with E-state index in [4.69, 9.17) is 28.4 Å². The van der Waals surface area contributed by atoms with E-state index in [-0.39, 0.29) is 36.2 Å². The van der Waals surface area contributed by atoms with Gasteiger partial charge in [0, 0.05) is 75.8 Å². The molecule has 0 radical (unpaired) electrons. The van der Waals surface area contributed by atoms with E-state index in [1.165, 1.54) is 22.3 Å². The van der Waals surface area contributed by atoms with Crippen LogP contribution < -0.4 is 18.9 Å². The van der Waals surface area contributed by atoms with Gasteiger partial charge in [0.05, 0.1) is 28.4 Å². The number of ether oxygens (including phenoxy) is 6. The summed E-state index contributed by atoms with van der Waals surface area (Å²) in [6.07, 6.45) is 9.46. The van der Waals surface area contributed by atoms with Crippen molar-refractivity contribution in [1.82, 2.24) is 9.80 Å². The third-order valence-corrected chi connectivity index (χ3v) is 12.8. The van der Waals surface area contributed by atoms with Gasteiger partial charge in [0.1, 0.15) is 12.2 Å². The molecule has 10 heteroatoms. The number of rotatable bonds is 17. The van der Waals surface area contributed by atoms with Crippen LogP contribution in [0.4, 0.5) is 0 Å². The van der Waals surface area contributed by atoms with Crippen LogP contribution in [0.3, 0.4) is 0 Å². The van der Waals surface area contributed by atoms with E-state index in [1.54, 1.807) is 28.4 Å². The summed E-state index contributed by atoms with van der Waals surface area (Å²) in [6, 6.07) is 8.87. The van der Waals surface area contributed by atoms with E-state index in [0.29, 0.717) is 36.5 Å². The van der Waals surface area contributed by atoms with Crippen molar-refractivity contribution in [3.05, 3.63) is 46.5 Å². The summed E-state index contributed by atoms with van der Waals surface area (Å²) in [4.78, 5) is 31.7. The van der Waals surface area contributed by atoms with E-state index >= 15 is 0 Å². The third-order valence-electron chi connectivity index (χ3n) is 12.8. The van der Waals surface area contributed by atoms with Crippen molar-refractivity contribution in [3.8, 4) is 23.0 Å². The fraction of sp³-hybridized carbons (Fsp3) is 0.696. The molecule has 56 heavy (non-hydrogen) atoms. The van der Waals surface area contributed by atoms with Crippen molar-refractivity contribution in [1.29, 1.82) is 0 Å². The Bertz CT molecular complexity index is 1520. The highest BCUT2D eigenvalue weighted by molar-refractivity contribution is 5.70. The van der Waals surface area contributed by atoms with Crippen LogP contribution in [0.15, 0.2) is 24.3 Å². The quantitative estimate of drug-likeness (QED) is 0.115. The molecule has 2 aromatic carbocycles. The van der Waals surface area contributed by atoms with Gasteiger partial charge in [-0.25, -0.2) is 0 Å². The fourth-order valence-electron chi connectivity index (χ4n) is 10.1. The molecule has 0 bridgehead atoms. The second kappa shape index (κ2) is 19.3. The third kappa shape index (κ3) is 9.95. The summed E-state index contributed by atoms with van der Waals surface area (Å²) in [5, 5.41) is 0. The summed E-state index contributed by atoms with van der Waals surface area (Å²) in [7, 11) is 6.72. The average molecular weight is 777 g/mol. The monoisotopic (exact) mass is 776 g/mol. The molecular formula is C46H68N2O8. The molecule has 0 unspecified atom stereocenters. The van der Waals surface area contributed by atoms with Gasteiger partial charge in [0.25, 0.3) is 0 Å². The first kappa shape index (κ1) is 42.1. The zero-order valence-corrected chi connectivity index (χ0v) is 35.4. The van der Waals surface area contributed by atoms with Gasteiger partial charge in [-0.1, -0.05) is 40.5 Å². The number of nitrogens with zero attached hydrogens (tertiary/aromatic N) is 2. The first-order chi connectivity index (χ1) is 27.0. The van der Waals surface area contributed by atoms with Crippen LogP contribution in [0.5, 0.6) is 23.0 Å². The Hall–Kier alpha value is -3.50. The van der Waals surface area contributed by atoms with E-state index in [2.05, 4.69) is 61.8 Å². The van der Waals surface area contributed by atoms with Crippen LogP contribution in [0.2, 0.25) is 0 Å². The lowest BCUT2D eigenvalue weighted by molar-refractivity contribution is -0.159. The molecule has 4 heterocycles. The molecule has 6 atom stereocenters. The number of carbonyl (C=O) groups excluding carboxylic acids is 2. The molecule has 0 N–H and O–H groups in total. The van der Waals surface area contributed by atoms with Crippen molar-refractivity contribution in [3.63, 3.8) is 0 Å². The molecule has 0 aromatic heterocycles. The van der Waals surface area contributed by atoms with Crippen molar-refractivity contribution < 1.29 is 38.0 Å². The van der Waals surface area contributed by atoms with Gasteiger partial charge in [-0.2, -0.15) is 0 Å². The van der Waals surface area contributed by atoms with E-state index in [0.717, 1.165) is 113 Å². The van der Waals surface area contributed by atoms with Gasteiger partial charge in [-0.3, -0.25) is 19.4 Å². The first-order valence-electron chi connectivity index (χ1n) is 21.4. The van der Waals surface area contributed by atoms with Crippen molar-refractivity contribution >= 4 is 11.9 Å². The molecule has 0 amide bonds. The number of piperidine rings is 2. The molecule has 0 saturated carbocycles. The number of carbonyl (C=O) groups is 2. The van der Waals surface area contributed by atoms with E-state index in [1.807, 2.05) is 0 Å². The molecule has 10 nitrogen and oxygen atoms in total. The largest absolute Gasteiger partial charge is 0.493 e. The summed E-state index contributed by atoms with van der Waals surface area (Å²) in [6.45, 7) is 12.9. The number of fused-ring (bicyclic) bond motifs is 6. The minimum absolute atomic E-state index is 0.108. The van der Waals surface area contributed by atoms with Crippen molar-refractivity contribution in [2.45, 2.75) is 129 Å². The highest BCUT2D eigenvalue weighted by Crippen LogP contribution is 2.46. The van der Waals surface area contributed by atoms with Gasteiger partial charge in [0.15, 0.2) is 23.0 Å². The predicted molar refractivity (Wildman–Crippen MR) is 218 cm³/mol. The molecular weight excluding hydrogens is 709 g/mol. The topological polar surface area (TPSA) is 96.0 Å². The molecule has 2 saturated heterocycles. The lowest BCUT2D eigenvalue weighted by atomic mass is 9.79. The summed E-state index contributed by atoms with van der Waals surface area (Å²) in [5.74, 6) is 4.48. The number of hydrogen-bond acceptors (Lipinski definition) is 10. The smallest absolute Gasteiger partial charge is 0.306 e. The van der Waals surface area contributed by atoms with Crippen LogP contribution in [-0.4, -0.2) is 88.6 Å². The molecule has 6 rings (SSSR count). The number of unbranched alkanes of at least 4 members (excludes halogenated alkanes) is 3. The number of benzene rings is 2.